The van der Waals surface area contributed by atoms with Gasteiger partial charge in [-0.05, 0) is 25.0 Å². The van der Waals surface area contributed by atoms with Gasteiger partial charge in [0.25, 0.3) is 0 Å². The molecule has 0 amide bonds. The van der Waals surface area contributed by atoms with Gasteiger partial charge in [-0.15, -0.1) is 0 Å². The quantitative estimate of drug-likeness (QED) is 0.739. The Hall–Kier alpha value is -0.900. The summed E-state index contributed by atoms with van der Waals surface area (Å²) in [7, 11) is 0. The molecule has 0 aromatic heterocycles. The molecule has 3 unspecified atom stereocenters. The first kappa shape index (κ1) is 11.0. The highest BCUT2D eigenvalue weighted by Crippen LogP contribution is 2.43. The van der Waals surface area contributed by atoms with Gasteiger partial charge in [-0.1, -0.05) is 24.3 Å². The minimum Gasteiger partial charge on any atom is -0.276 e. The lowest BCUT2D eigenvalue weighted by Gasteiger charge is -2.64. The van der Waals surface area contributed by atoms with Gasteiger partial charge in [0.15, 0.2) is 0 Å². The largest absolute Gasteiger partial charge is 0.276 e. The third-order valence-corrected chi connectivity index (χ3v) is 5.20. The summed E-state index contributed by atoms with van der Waals surface area (Å²) >= 11 is 0. The summed E-state index contributed by atoms with van der Waals surface area (Å²) < 4.78 is 0. The molecule has 3 atom stereocenters. The number of hydrogen-bond donors (Lipinski definition) is 0. The fourth-order valence-corrected chi connectivity index (χ4v) is 4.36. The first-order chi connectivity index (χ1) is 8.69. The average molecular weight is 243 g/mol. The molecule has 4 bridgehead atoms. The summed E-state index contributed by atoms with van der Waals surface area (Å²) in [6.45, 7) is 10.6. The lowest BCUT2D eigenvalue weighted by atomic mass is 9.68. The van der Waals surface area contributed by atoms with Crippen LogP contribution in [0.3, 0.4) is 0 Å². The third kappa shape index (κ3) is 1.30. The van der Waals surface area contributed by atoms with E-state index in [9.17, 15) is 0 Å². The van der Waals surface area contributed by atoms with Crippen molar-refractivity contribution < 1.29 is 0 Å². The van der Waals surface area contributed by atoms with Crippen LogP contribution in [0, 0.1) is 6.92 Å². The van der Waals surface area contributed by atoms with Crippen molar-refractivity contribution in [3.63, 3.8) is 0 Å². The van der Waals surface area contributed by atoms with Gasteiger partial charge in [0.05, 0.1) is 20.0 Å². The van der Waals surface area contributed by atoms with Crippen molar-refractivity contribution in [3.05, 3.63) is 35.4 Å². The van der Waals surface area contributed by atoms with Gasteiger partial charge in [0.1, 0.15) is 0 Å². The molecule has 0 spiro atoms. The van der Waals surface area contributed by atoms with E-state index >= 15 is 0 Å². The molecule has 0 radical (unpaired) electrons. The SMILES string of the molecule is Cc1ccccc1C12CN3CN(CN(C3)C1C)C2. The monoisotopic (exact) mass is 243 g/mol. The number of nitrogens with zero attached hydrogens (tertiary/aromatic N) is 3. The molecular formula is C15H21N3. The van der Waals surface area contributed by atoms with E-state index in [0.717, 1.165) is 20.0 Å². The second kappa shape index (κ2) is 3.56. The van der Waals surface area contributed by atoms with E-state index in [4.69, 9.17) is 0 Å². The Balaban J connectivity index is 1.85. The minimum atomic E-state index is 0.320. The molecule has 1 aromatic rings. The Morgan fingerprint density at radius 1 is 1.06 bits per heavy atom. The van der Waals surface area contributed by atoms with Crippen LogP contribution in [0.5, 0.6) is 0 Å². The standard InChI is InChI=1S/C15H21N3/c1-12-5-3-4-6-14(12)15-7-16-9-17(8-15)11-18(10-16)13(15)2/h3-6,13H,7-11H2,1-2H3. The van der Waals surface area contributed by atoms with Crippen molar-refractivity contribution in [2.24, 2.45) is 0 Å². The fourth-order valence-electron chi connectivity index (χ4n) is 4.36. The highest BCUT2D eigenvalue weighted by molar-refractivity contribution is 5.38. The molecule has 5 rings (SSSR count). The van der Waals surface area contributed by atoms with Crippen LogP contribution in [0.1, 0.15) is 18.1 Å². The summed E-state index contributed by atoms with van der Waals surface area (Å²) in [4.78, 5) is 7.82. The van der Waals surface area contributed by atoms with Gasteiger partial charge in [-0.3, -0.25) is 14.7 Å². The molecule has 4 heterocycles. The van der Waals surface area contributed by atoms with Crippen LogP contribution in [-0.2, 0) is 5.41 Å². The van der Waals surface area contributed by atoms with E-state index in [1.165, 1.54) is 18.7 Å². The van der Waals surface area contributed by atoms with E-state index in [1.807, 2.05) is 0 Å². The maximum Gasteiger partial charge on any atom is 0.0533 e. The van der Waals surface area contributed by atoms with Crippen molar-refractivity contribution in [1.82, 2.24) is 14.7 Å². The molecule has 1 aromatic carbocycles. The summed E-state index contributed by atoms with van der Waals surface area (Å²) in [5.74, 6) is 0. The minimum absolute atomic E-state index is 0.320. The molecule has 4 aliphatic heterocycles. The van der Waals surface area contributed by atoms with E-state index in [2.05, 4.69) is 52.8 Å². The van der Waals surface area contributed by atoms with Crippen LogP contribution in [0.2, 0.25) is 0 Å². The Morgan fingerprint density at radius 2 is 1.72 bits per heavy atom. The zero-order chi connectivity index (χ0) is 12.3. The Morgan fingerprint density at radius 3 is 2.39 bits per heavy atom. The topological polar surface area (TPSA) is 9.72 Å². The predicted molar refractivity (Wildman–Crippen MR) is 72.2 cm³/mol. The van der Waals surface area contributed by atoms with Gasteiger partial charge in [0, 0.05) is 24.5 Å². The Kier molecular flexibility index (Phi) is 2.17. The fraction of sp³-hybridized carbons (Fsp3) is 0.600. The Labute approximate surface area is 109 Å². The second-order valence-electron chi connectivity index (χ2n) is 6.32. The van der Waals surface area contributed by atoms with Crippen LogP contribution in [-0.4, -0.2) is 53.8 Å². The van der Waals surface area contributed by atoms with Gasteiger partial charge in [-0.2, -0.15) is 0 Å². The predicted octanol–water partition coefficient (Wildman–Crippen LogP) is 1.44. The van der Waals surface area contributed by atoms with Crippen molar-refractivity contribution in [2.75, 3.05) is 33.1 Å². The van der Waals surface area contributed by atoms with Gasteiger partial charge >= 0.3 is 0 Å². The van der Waals surface area contributed by atoms with Crippen molar-refractivity contribution in [2.45, 2.75) is 25.3 Å². The summed E-state index contributed by atoms with van der Waals surface area (Å²) in [5, 5.41) is 0. The molecule has 0 aliphatic carbocycles. The molecule has 3 heteroatoms. The van der Waals surface area contributed by atoms with Gasteiger partial charge < -0.3 is 0 Å². The normalized spacial score (nSPS) is 45.4. The van der Waals surface area contributed by atoms with E-state index in [1.54, 1.807) is 5.56 Å². The van der Waals surface area contributed by atoms with Crippen LogP contribution in [0.4, 0.5) is 0 Å². The molecule has 0 saturated carbocycles. The summed E-state index contributed by atoms with van der Waals surface area (Å²) in [6.07, 6.45) is 0. The van der Waals surface area contributed by atoms with Crippen molar-refractivity contribution >= 4 is 0 Å². The molecule has 4 fully saturated rings. The van der Waals surface area contributed by atoms with Crippen LogP contribution < -0.4 is 0 Å². The van der Waals surface area contributed by atoms with Gasteiger partial charge in [0.2, 0.25) is 0 Å². The molecule has 3 nitrogen and oxygen atoms in total. The van der Waals surface area contributed by atoms with E-state index < -0.39 is 0 Å². The molecular weight excluding hydrogens is 222 g/mol. The van der Waals surface area contributed by atoms with E-state index in [0.29, 0.717) is 11.5 Å². The molecule has 96 valence electrons. The number of benzene rings is 1. The van der Waals surface area contributed by atoms with Crippen LogP contribution in [0.15, 0.2) is 24.3 Å². The van der Waals surface area contributed by atoms with Crippen LogP contribution in [0.25, 0.3) is 0 Å². The van der Waals surface area contributed by atoms with Crippen LogP contribution >= 0.6 is 0 Å². The van der Waals surface area contributed by atoms with E-state index in [-0.39, 0.29) is 0 Å². The smallest absolute Gasteiger partial charge is 0.0533 e. The lowest BCUT2D eigenvalue weighted by Crippen LogP contribution is -2.77. The average Bonchev–Trinajstić information content (AvgIpc) is 2.35. The number of aryl methyl sites for hydroxylation is 1. The van der Waals surface area contributed by atoms with Crippen molar-refractivity contribution in [3.8, 4) is 0 Å². The number of rotatable bonds is 1. The number of hydrogen-bond acceptors (Lipinski definition) is 3. The zero-order valence-corrected chi connectivity index (χ0v) is 11.3. The summed E-state index contributed by atoms with van der Waals surface area (Å²) in [6, 6.07) is 9.63. The maximum atomic E-state index is 2.63. The third-order valence-electron chi connectivity index (χ3n) is 5.20. The maximum absolute atomic E-state index is 2.63. The van der Waals surface area contributed by atoms with Crippen molar-refractivity contribution in [1.29, 1.82) is 0 Å². The summed E-state index contributed by atoms with van der Waals surface area (Å²) in [5.41, 5.74) is 3.34. The molecule has 18 heavy (non-hydrogen) atoms. The highest BCUT2D eigenvalue weighted by atomic mass is 15.5. The molecule has 0 N–H and O–H groups in total. The second-order valence-corrected chi connectivity index (χ2v) is 6.32. The first-order valence-corrected chi connectivity index (χ1v) is 6.94. The lowest BCUT2D eigenvalue weighted by molar-refractivity contribution is -0.172. The molecule has 4 saturated heterocycles. The molecule has 4 aliphatic rings. The first-order valence-electron chi connectivity index (χ1n) is 6.94. The zero-order valence-electron chi connectivity index (χ0n) is 11.3. The van der Waals surface area contributed by atoms with Gasteiger partial charge in [-0.25, -0.2) is 0 Å². The highest BCUT2D eigenvalue weighted by Gasteiger charge is 2.54. The Bertz CT molecular complexity index is 470.